The maximum Gasteiger partial charge on any atom is 0.308 e. The molecule has 0 saturated heterocycles. The van der Waals surface area contributed by atoms with Crippen molar-refractivity contribution in [2.45, 2.75) is 112 Å². The third-order valence-electron chi connectivity index (χ3n) is 12.1. The zero-order valence-electron chi connectivity index (χ0n) is 27.0. The van der Waals surface area contributed by atoms with E-state index in [1.165, 1.54) is 20.1 Å². The summed E-state index contributed by atoms with van der Waals surface area (Å²) in [5.41, 5.74) is -3.34. The highest BCUT2D eigenvalue weighted by atomic mass is 16.5. The van der Waals surface area contributed by atoms with Gasteiger partial charge in [0.1, 0.15) is 11.9 Å². The first kappa shape index (κ1) is 31.8. The van der Waals surface area contributed by atoms with Gasteiger partial charge >= 0.3 is 5.97 Å². The lowest BCUT2D eigenvalue weighted by atomic mass is 9.38. The van der Waals surface area contributed by atoms with Crippen LogP contribution in [0.25, 0.3) is 0 Å². The minimum absolute atomic E-state index is 0.00834. The van der Waals surface area contributed by atoms with Gasteiger partial charge in [0.05, 0.1) is 23.2 Å². The molecule has 0 aromatic rings. The summed E-state index contributed by atoms with van der Waals surface area (Å²) in [4.78, 5) is 54.6. The molecule has 10 unspecified atom stereocenters. The Morgan fingerprint density at radius 2 is 1.81 bits per heavy atom. The number of carbonyl (C=O) groups excluding carboxylic acids is 4. The Kier molecular flexibility index (Phi) is 7.38. The number of aliphatic hydroxyl groups is 2. The molecule has 1 heterocycles. The molecule has 8 nitrogen and oxygen atoms in total. The standard InChI is InChI=1S/C35H48O8/c1-10-18(2)30(40)43-21-16-34(8)20(19-17-42-29(32(5,6)41)27(39)26(19)38)11-12-22(34)35(9)25(37)15-23-31(3,4)24(36)13-14-33(23,7)28(21)35/h12-14,17-18,20-21,23,27-29,39,41H,10-11,15-16H2,1-9H3. The maximum atomic E-state index is 14.5. The summed E-state index contributed by atoms with van der Waals surface area (Å²) < 4.78 is 12.2. The van der Waals surface area contributed by atoms with Crippen LogP contribution in [0.5, 0.6) is 0 Å². The fraction of sp³-hybridized carbons (Fsp3) is 0.714. The number of hydrogen-bond acceptors (Lipinski definition) is 8. The minimum atomic E-state index is -1.54. The molecule has 0 bridgehead atoms. The molecule has 1 aliphatic heterocycles. The number of ether oxygens (including phenoxy) is 2. The Labute approximate surface area is 255 Å². The molecule has 0 aromatic carbocycles. The van der Waals surface area contributed by atoms with Crippen molar-refractivity contribution in [3.05, 3.63) is 35.6 Å². The lowest BCUT2D eigenvalue weighted by molar-refractivity contribution is -0.190. The SMILES string of the molecule is CCC(C)C(=O)OC1CC2(C)C(=CCC2C2=COC(C(C)(C)O)C(O)C2=O)C2(C)C(=O)CC3C(C)(C)C(=O)C=CC3(C)C12. The summed E-state index contributed by atoms with van der Waals surface area (Å²) in [7, 11) is 0. The van der Waals surface area contributed by atoms with Crippen molar-refractivity contribution in [3.8, 4) is 0 Å². The molecular formula is C35H48O8. The van der Waals surface area contributed by atoms with Crippen LogP contribution >= 0.6 is 0 Å². The van der Waals surface area contributed by atoms with E-state index in [1.54, 1.807) is 6.08 Å². The van der Waals surface area contributed by atoms with Crippen molar-refractivity contribution in [1.29, 1.82) is 0 Å². The fourth-order valence-electron chi connectivity index (χ4n) is 9.53. The van der Waals surface area contributed by atoms with E-state index in [1.807, 2.05) is 47.6 Å². The van der Waals surface area contributed by atoms with Gasteiger partial charge in [0.15, 0.2) is 23.8 Å². The van der Waals surface area contributed by atoms with Crippen molar-refractivity contribution in [2.75, 3.05) is 0 Å². The quantitative estimate of drug-likeness (QED) is 0.346. The summed E-state index contributed by atoms with van der Waals surface area (Å²) in [5, 5.41) is 21.4. The molecule has 0 spiro atoms. The second-order valence-corrected chi connectivity index (χ2v) is 15.6. The van der Waals surface area contributed by atoms with E-state index in [9.17, 15) is 29.4 Å². The van der Waals surface area contributed by atoms with Crippen LogP contribution in [-0.2, 0) is 28.7 Å². The zero-order chi connectivity index (χ0) is 32.1. The molecule has 5 rings (SSSR count). The highest BCUT2D eigenvalue weighted by Gasteiger charge is 2.71. The normalized spacial score (nSPS) is 42.6. The fourth-order valence-corrected chi connectivity index (χ4v) is 9.53. The Morgan fingerprint density at radius 1 is 1.16 bits per heavy atom. The number of carbonyl (C=O) groups is 4. The van der Waals surface area contributed by atoms with Gasteiger partial charge in [-0.05, 0) is 57.4 Å². The number of rotatable bonds is 5. The molecular weight excluding hydrogens is 548 g/mol. The van der Waals surface area contributed by atoms with Crippen LogP contribution in [-0.4, -0.2) is 57.4 Å². The number of fused-ring (bicyclic) bond motifs is 5. The van der Waals surface area contributed by atoms with Crippen molar-refractivity contribution in [3.63, 3.8) is 0 Å². The van der Waals surface area contributed by atoms with E-state index < -0.39 is 63.2 Å². The summed E-state index contributed by atoms with van der Waals surface area (Å²) >= 11 is 0. The average Bonchev–Trinajstić information content (AvgIpc) is 3.26. The van der Waals surface area contributed by atoms with Crippen LogP contribution in [0.1, 0.15) is 88.0 Å². The van der Waals surface area contributed by atoms with Gasteiger partial charge in [0.25, 0.3) is 0 Å². The highest BCUT2D eigenvalue weighted by Crippen LogP contribution is 2.71. The van der Waals surface area contributed by atoms with Crippen LogP contribution in [0, 0.1) is 45.3 Å². The summed E-state index contributed by atoms with van der Waals surface area (Å²) in [6, 6.07) is 0. The van der Waals surface area contributed by atoms with Gasteiger partial charge in [-0.2, -0.15) is 0 Å². The molecule has 0 aromatic heterocycles. The number of Topliss-reactive ketones (excluding diaryl/α,β-unsaturated/α-hetero) is 2. The number of aliphatic hydroxyl groups excluding tert-OH is 1. The number of ketones is 3. The predicted molar refractivity (Wildman–Crippen MR) is 159 cm³/mol. The lowest BCUT2D eigenvalue weighted by Crippen LogP contribution is -2.67. The first-order chi connectivity index (χ1) is 19.8. The van der Waals surface area contributed by atoms with Crippen LogP contribution < -0.4 is 0 Å². The van der Waals surface area contributed by atoms with Crippen LogP contribution in [0.2, 0.25) is 0 Å². The summed E-state index contributed by atoms with van der Waals surface area (Å²) in [5.74, 6) is -2.26. The molecule has 236 valence electrons. The smallest absolute Gasteiger partial charge is 0.308 e. The Morgan fingerprint density at radius 3 is 2.42 bits per heavy atom. The van der Waals surface area contributed by atoms with E-state index in [-0.39, 0.29) is 35.8 Å². The molecule has 10 atom stereocenters. The molecule has 0 amide bonds. The Balaban J connectivity index is 1.64. The molecule has 2 N–H and O–H groups in total. The second kappa shape index (κ2) is 9.96. The minimum Gasteiger partial charge on any atom is -0.491 e. The molecule has 4 aliphatic carbocycles. The van der Waals surface area contributed by atoms with Gasteiger partial charge in [-0.25, -0.2) is 0 Å². The van der Waals surface area contributed by atoms with Crippen molar-refractivity contribution in [1.82, 2.24) is 0 Å². The van der Waals surface area contributed by atoms with Crippen LogP contribution in [0.4, 0.5) is 0 Å². The van der Waals surface area contributed by atoms with Gasteiger partial charge in [0.2, 0.25) is 0 Å². The van der Waals surface area contributed by atoms with Gasteiger partial charge in [-0.3, -0.25) is 19.2 Å². The monoisotopic (exact) mass is 596 g/mol. The number of allylic oxidation sites excluding steroid dienone is 4. The van der Waals surface area contributed by atoms with Crippen LogP contribution in [0.3, 0.4) is 0 Å². The topological polar surface area (TPSA) is 127 Å². The van der Waals surface area contributed by atoms with E-state index in [0.717, 1.165) is 5.57 Å². The van der Waals surface area contributed by atoms with Gasteiger partial charge in [0, 0.05) is 34.7 Å². The van der Waals surface area contributed by atoms with E-state index in [4.69, 9.17) is 9.47 Å². The average molecular weight is 597 g/mol. The summed E-state index contributed by atoms with van der Waals surface area (Å²) in [6.07, 6.45) is 5.38. The first-order valence-corrected chi connectivity index (χ1v) is 15.7. The van der Waals surface area contributed by atoms with E-state index >= 15 is 0 Å². The van der Waals surface area contributed by atoms with Crippen molar-refractivity contribution < 1.29 is 38.9 Å². The van der Waals surface area contributed by atoms with Crippen molar-refractivity contribution in [2.24, 2.45) is 45.3 Å². The summed E-state index contributed by atoms with van der Waals surface area (Å²) in [6.45, 7) is 16.6. The highest BCUT2D eigenvalue weighted by molar-refractivity contribution is 6.01. The van der Waals surface area contributed by atoms with E-state index in [0.29, 0.717) is 24.8 Å². The molecule has 5 aliphatic rings. The molecule has 2 saturated carbocycles. The second-order valence-electron chi connectivity index (χ2n) is 15.6. The number of esters is 1. The van der Waals surface area contributed by atoms with Gasteiger partial charge in [-0.15, -0.1) is 0 Å². The lowest BCUT2D eigenvalue weighted by Gasteiger charge is -2.65. The van der Waals surface area contributed by atoms with Crippen LogP contribution in [0.15, 0.2) is 35.6 Å². The maximum absolute atomic E-state index is 14.5. The zero-order valence-corrected chi connectivity index (χ0v) is 27.0. The Hall–Kier alpha value is -2.58. The van der Waals surface area contributed by atoms with Gasteiger partial charge < -0.3 is 19.7 Å². The molecule has 0 radical (unpaired) electrons. The first-order valence-electron chi connectivity index (χ1n) is 15.7. The third kappa shape index (κ3) is 4.37. The largest absolute Gasteiger partial charge is 0.491 e. The number of hydrogen-bond donors (Lipinski definition) is 2. The Bertz CT molecular complexity index is 1350. The molecule has 43 heavy (non-hydrogen) atoms. The third-order valence-corrected chi connectivity index (χ3v) is 12.1. The van der Waals surface area contributed by atoms with E-state index in [2.05, 4.69) is 13.0 Å². The predicted octanol–water partition coefficient (Wildman–Crippen LogP) is 4.67. The molecule has 2 fully saturated rings. The van der Waals surface area contributed by atoms with Crippen molar-refractivity contribution >= 4 is 23.3 Å². The molecule has 8 heteroatoms. The van der Waals surface area contributed by atoms with Gasteiger partial charge in [-0.1, -0.05) is 59.3 Å².